The molecule has 3 nitrogen and oxygen atoms in total. The Morgan fingerprint density at radius 1 is 1.26 bits per heavy atom. The van der Waals surface area contributed by atoms with Crippen molar-refractivity contribution in [3.05, 3.63) is 35.4 Å². The van der Waals surface area contributed by atoms with Crippen molar-refractivity contribution in [2.24, 2.45) is 0 Å². The predicted molar refractivity (Wildman–Crippen MR) is 77.3 cm³/mol. The number of benzene rings is 1. The van der Waals surface area contributed by atoms with E-state index in [-0.39, 0.29) is 0 Å². The Labute approximate surface area is 115 Å². The van der Waals surface area contributed by atoms with E-state index in [9.17, 15) is 0 Å². The number of nitrogens with zero attached hydrogens (tertiary/aromatic N) is 1. The maximum absolute atomic E-state index is 5.76. The number of morpholine rings is 1. The Kier molecular flexibility index (Phi) is 3.61. The molecule has 1 aromatic carbocycles. The van der Waals surface area contributed by atoms with Gasteiger partial charge in [-0.05, 0) is 38.4 Å². The molecule has 0 saturated carbocycles. The fourth-order valence-corrected chi connectivity index (χ4v) is 3.62. The fourth-order valence-electron chi connectivity index (χ4n) is 3.62. The van der Waals surface area contributed by atoms with Gasteiger partial charge in [0.05, 0.1) is 12.7 Å². The minimum absolute atomic E-state index is 0.345. The van der Waals surface area contributed by atoms with E-state index < -0.39 is 0 Å². The van der Waals surface area contributed by atoms with Crippen molar-refractivity contribution in [2.75, 3.05) is 20.2 Å². The average Bonchev–Trinajstić information content (AvgIpc) is 2.79. The summed E-state index contributed by atoms with van der Waals surface area (Å²) in [5.74, 6) is 0. The largest absolute Gasteiger partial charge is 0.376 e. The van der Waals surface area contributed by atoms with Gasteiger partial charge in [0.1, 0.15) is 0 Å². The molecule has 1 saturated heterocycles. The third kappa shape index (κ3) is 2.31. The van der Waals surface area contributed by atoms with Gasteiger partial charge in [-0.15, -0.1) is 0 Å². The first-order valence-corrected chi connectivity index (χ1v) is 7.33. The van der Waals surface area contributed by atoms with Crippen molar-refractivity contribution < 1.29 is 4.74 Å². The molecule has 2 aliphatic rings. The van der Waals surface area contributed by atoms with Crippen LogP contribution in [-0.4, -0.2) is 43.3 Å². The maximum atomic E-state index is 5.76. The number of hydrogen-bond acceptors (Lipinski definition) is 3. The van der Waals surface area contributed by atoms with Gasteiger partial charge in [-0.1, -0.05) is 24.3 Å². The van der Waals surface area contributed by atoms with Crippen LogP contribution in [-0.2, 0) is 11.2 Å². The summed E-state index contributed by atoms with van der Waals surface area (Å²) in [5.41, 5.74) is 2.97. The fraction of sp³-hybridized carbons (Fsp3) is 0.625. The van der Waals surface area contributed by atoms with Crippen LogP contribution >= 0.6 is 0 Å². The van der Waals surface area contributed by atoms with Gasteiger partial charge < -0.3 is 10.1 Å². The highest BCUT2D eigenvalue weighted by molar-refractivity contribution is 5.37. The molecule has 3 heteroatoms. The normalized spacial score (nSPS) is 35.3. The predicted octanol–water partition coefficient (Wildman–Crippen LogP) is 1.98. The second-order valence-electron chi connectivity index (χ2n) is 5.93. The number of likely N-dealkylation sites (N-methyl/N-ethyl adjacent to an activating group) is 1. The van der Waals surface area contributed by atoms with Crippen LogP contribution in [0.2, 0.25) is 0 Å². The number of ether oxygens (including phenoxy) is 1. The Hall–Kier alpha value is -0.900. The van der Waals surface area contributed by atoms with Crippen LogP contribution < -0.4 is 5.32 Å². The van der Waals surface area contributed by atoms with Gasteiger partial charge in [0.25, 0.3) is 0 Å². The topological polar surface area (TPSA) is 24.5 Å². The molecular formula is C16H24N2O. The third-order valence-electron chi connectivity index (χ3n) is 4.60. The van der Waals surface area contributed by atoms with Crippen LogP contribution in [0.3, 0.4) is 0 Å². The molecule has 3 rings (SSSR count). The lowest BCUT2D eigenvalue weighted by molar-refractivity contribution is -0.0694. The second kappa shape index (κ2) is 5.23. The van der Waals surface area contributed by atoms with Crippen LogP contribution in [0.25, 0.3) is 0 Å². The van der Waals surface area contributed by atoms with Crippen molar-refractivity contribution in [3.8, 4) is 0 Å². The van der Waals surface area contributed by atoms with Crippen molar-refractivity contribution >= 4 is 0 Å². The summed E-state index contributed by atoms with van der Waals surface area (Å²) in [5, 5.41) is 3.52. The molecule has 19 heavy (non-hydrogen) atoms. The Morgan fingerprint density at radius 3 is 2.84 bits per heavy atom. The van der Waals surface area contributed by atoms with Gasteiger partial charge in [0, 0.05) is 24.7 Å². The molecule has 1 N–H and O–H groups in total. The highest BCUT2D eigenvalue weighted by Gasteiger charge is 2.39. The third-order valence-corrected chi connectivity index (χ3v) is 4.60. The van der Waals surface area contributed by atoms with Crippen molar-refractivity contribution in [1.82, 2.24) is 10.2 Å². The lowest BCUT2D eigenvalue weighted by atomic mass is 10.0. The molecule has 1 aromatic rings. The Bertz CT molecular complexity index is 448. The molecule has 0 bridgehead atoms. The molecule has 1 heterocycles. The molecule has 0 spiro atoms. The summed E-state index contributed by atoms with van der Waals surface area (Å²) >= 11 is 0. The zero-order valence-electron chi connectivity index (χ0n) is 12.1. The first-order valence-electron chi connectivity index (χ1n) is 7.33. The van der Waals surface area contributed by atoms with Gasteiger partial charge >= 0.3 is 0 Å². The Morgan fingerprint density at radius 2 is 2.05 bits per heavy atom. The van der Waals surface area contributed by atoms with Gasteiger partial charge in [0.15, 0.2) is 0 Å². The molecule has 1 aliphatic carbocycles. The molecule has 4 unspecified atom stereocenters. The van der Waals surface area contributed by atoms with Gasteiger partial charge in [-0.3, -0.25) is 4.90 Å². The van der Waals surface area contributed by atoms with E-state index in [4.69, 9.17) is 4.74 Å². The summed E-state index contributed by atoms with van der Waals surface area (Å²) < 4.78 is 5.76. The first kappa shape index (κ1) is 13.1. The number of hydrogen-bond donors (Lipinski definition) is 1. The molecule has 1 fully saturated rings. The first-order chi connectivity index (χ1) is 9.20. The maximum Gasteiger partial charge on any atom is 0.0674 e. The van der Waals surface area contributed by atoms with E-state index in [2.05, 4.69) is 55.4 Å². The van der Waals surface area contributed by atoms with Crippen LogP contribution in [0.15, 0.2) is 24.3 Å². The number of fused-ring (bicyclic) bond motifs is 1. The van der Waals surface area contributed by atoms with E-state index in [1.54, 1.807) is 0 Å². The SMILES string of the molecule is CNC1c2ccccc2CC1N1CC(C)OCC1C. The Balaban J connectivity index is 1.86. The average molecular weight is 260 g/mol. The highest BCUT2D eigenvalue weighted by atomic mass is 16.5. The van der Waals surface area contributed by atoms with E-state index >= 15 is 0 Å². The standard InChI is InChI=1S/C16H24N2O/c1-11-10-19-12(2)9-18(11)15-8-13-6-4-5-7-14(13)16(15)17-3/h4-7,11-12,15-17H,8-10H2,1-3H3. The molecule has 1 aliphatic heterocycles. The minimum Gasteiger partial charge on any atom is -0.376 e. The van der Waals surface area contributed by atoms with Gasteiger partial charge in [-0.2, -0.15) is 0 Å². The molecular weight excluding hydrogens is 236 g/mol. The highest BCUT2D eigenvalue weighted by Crippen LogP contribution is 2.35. The molecule has 104 valence electrons. The van der Waals surface area contributed by atoms with Crippen LogP contribution in [0.5, 0.6) is 0 Å². The summed E-state index contributed by atoms with van der Waals surface area (Å²) in [6, 6.07) is 10.4. The van der Waals surface area contributed by atoms with Gasteiger partial charge in [0.2, 0.25) is 0 Å². The van der Waals surface area contributed by atoms with Crippen LogP contribution in [0.4, 0.5) is 0 Å². The van der Waals surface area contributed by atoms with Crippen molar-refractivity contribution in [1.29, 1.82) is 0 Å². The lowest BCUT2D eigenvalue weighted by Crippen LogP contribution is -2.54. The molecule has 0 radical (unpaired) electrons. The summed E-state index contributed by atoms with van der Waals surface area (Å²) in [7, 11) is 2.08. The van der Waals surface area contributed by atoms with Crippen LogP contribution in [0, 0.1) is 0 Å². The monoisotopic (exact) mass is 260 g/mol. The number of nitrogens with one attached hydrogen (secondary N) is 1. The lowest BCUT2D eigenvalue weighted by Gasteiger charge is -2.42. The molecule has 0 aromatic heterocycles. The van der Waals surface area contributed by atoms with E-state index in [1.165, 1.54) is 11.1 Å². The molecule has 4 atom stereocenters. The smallest absolute Gasteiger partial charge is 0.0674 e. The van der Waals surface area contributed by atoms with Gasteiger partial charge in [-0.25, -0.2) is 0 Å². The summed E-state index contributed by atoms with van der Waals surface area (Å²) in [4.78, 5) is 2.63. The number of rotatable bonds is 2. The minimum atomic E-state index is 0.345. The summed E-state index contributed by atoms with van der Waals surface area (Å²) in [6.07, 6.45) is 1.50. The molecule has 0 amide bonds. The van der Waals surface area contributed by atoms with E-state index in [0.29, 0.717) is 24.2 Å². The zero-order valence-corrected chi connectivity index (χ0v) is 12.1. The second-order valence-corrected chi connectivity index (χ2v) is 5.93. The van der Waals surface area contributed by atoms with E-state index in [1.807, 2.05) is 0 Å². The summed E-state index contributed by atoms with van der Waals surface area (Å²) in [6.45, 7) is 6.35. The van der Waals surface area contributed by atoms with Crippen molar-refractivity contribution in [3.63, 3.8) is 0 Å². The quantitative estimate of drug-likeness (QED) is 0.880. The zero-order chi connectivity index (χ0) is 13.4. The van der Waals surface area contributed by atoms with Crippen LogP contribution in [0.1, 0.15) is 31.0 Å². The van der Waals surface area contributed by atoms with Crippen molar-refractivity contribution in [2.45, 2.75) is 44.5 Å². The van der Waals surface area contributed by atoms with E-state index in [0.717, 1.165) is 19.6 Å².